The molecule has 0 radical (unpaired) electrons. The molecule has 0 saturated heterocycles. The Kier molecular flexibility index (Phi) is 5.39. The Labute approximate surface area is 177 Å². The number of fused-ring (bicyclic) bond motifs is 1. The molecule has 7 heteroatoms. The van der Waals surface area contributed by atoms with Gasteiger partial charge in [0.25, 0.3) is 0 Å². The second-order valence-corrected chi connectivity index (χ2v) is 8.88. The maximum Gasteiger partial charge on any atom is 0.178 e. The van der Waals surface area contributed by atoms with Crippen molar-refractivity contribution >= 4 is 38.6 Å². The number of nitrogens with zero attached hydrogens (tertiary/aromatic N) is 5. The maximum atomic E-state index is 9.44. The smallest absolute Gasteiger partial charge is 0.178 e. The van der Waals surface area contributed by atoms with E-state index in [4.69, 9.17) is 16.6 Å². The second-order valence-electron chi connectivity index (χ2n) is 7.74. The van der Waals surface area contributed by atoms with Crippen molar-refractivity contribution in [2.45, 2.75) is 45.6 Å². The lowest BCUT2D eigenvalue weighted by Crippen LogP contribution is -2.22. The van der Waals surface area contributed by atoms with Crippen LogP contribution in [0, 0.1) is 23.2 Å². The summed E-state index contributed by atoms with van der Waals surface area (Å²) in [6, 6.07) is 5.98. The highest BCUT2D eigenvalue weighted by Crippen LogP contribution is 2.40. The molecule has 1 aliphatic rings. The average molecular weight is 459 g/mol. The number of rotatable bonds is 3. The summed E-state index contributed by atoms with van der Waals surface area (Å²) in [6.45, 7) is 4.59. The largest absolute Gasteiger partial charge is 0.314 e. The summed E-state index contributed by atoms with van der Waals surface area (Å²) in [5, 5.41) is 9.97. The monoisotopic (exact) mass is 457 g/mol. The van der Waals surface area contributed by atoms with Crippen LogP contribution in [0.4, 0.5) is 0 Å². The van der Waals surface area contributed by atoms with E-state index in [0.717, 1.165) is 27.2 Å². The molecule has 0 bridgehead atoms. The van der Waals surface area contributed by atoms with Gasteiger partial charge in [-0.3, -0.25) is 4.98 Å². The fourth-order valence-corrected chi connectivity index (χ4v) is 5.11. The highest BCUT2D eigenvalue weighted by Gasteiger charge is 2.28. The van der Waals surface area contributed by atoms with E-state index in [1.807, 2.05) is 6.07 Å². The number of imidazole rings is 1. The Morgan fingerprint density at radius 3 is 2.64 bits per heavy atom. The van der Waals surface area contributed by atoms with Crippen LogP contribution in [0.3, 0.4) is 0 Å². The summed E-state index contributed by atoms with van der Waals surface area (Å²) in [6.07, 6.45) is 8.28. The highest BCUT2D eigenvalue weighted by molar-refractivity contribution is 9.10. The molecule has 0 aromatic carbocycles. The molecule has 0 amide bonds. The van der Waals surface area contributed by atoms with Gasteiger partial charge < -0.3 is 4.57 Å². The predicted molar refractivity (Wildman–Crippen MR) is 114 cm³/mol. The minimum Gasteiger partial charge on any atom is -0.314 e. The summed E-state index contributed by atoms with van der Waals surface area (Å²) in [4.78, 5) is 13.5. The summed E-state index contributed by atoms with van der Waals surface area (Å²) in [7, 11) is 0. The topological polar surface area (TPSA) is 67.4 Å². The average Bonchev–Trinajstić information content (AvgIpc) is 3.02. The quantitative estimate of drug-likeness (QED) is 0.471. The van der Waals surface area contributed by atoms with E-state index >= 15 is 0 Å². The first-order chi connectivity index (χ1) is 13.5. The molecule has 3 heterocycles. The zero-order valence-electron chi connectivity index (χ0n) is 15.9. The molecule has 1 atom stereocenters. The van der Waals surface area contributed by atoms with Gasteiger partial charge in [0.2, 0.25) is 0 Å². The third kappa shape index (κ3) is 3.54. The molecule has 4 rings (SSSR count). The van der Waals surface area contributed by atoms with Crippen LogP contribution in [0.5, 0.6) is 0 Å². The van der Waals surface area contributed by atoms with E-state index < -0.39 is 0 Å². The Bertz CT molecular complexity index is 1060. The number of pyridine rings is 2. The summed E-state index contributed by atoms with van der Waals surface area (Å²) in [5.74, 6) is 1.39. The van der Waals surface area contributed by atoms with Crippen molar-refractivity contribution in [3.8, 4) is 17.3 Å². The van der Waals surface area contributed by atoms with Gasteiger partial charge in [-0.2, -0.15) is 5.26 Å². The normalized spacial score (nSPS) is 20.8. The zero-order valence-corrected chi connectivity index (χ0v) is 18.2. The van der Waals surface area contributed by atoms with Gasteiger partial charge in [-0.05, 0) is 53.6 Å². The van der Waals surface area contributed by atoms with Gasteiger partial charge in [-0.15, -0.1) is 0 Å². The van der Waals surface area contributed by atoms with Crippen molar-refractivity contribution in [2.75, 3.05) is 0 Å². The molecule has 0 N–H and O–H groups in total. The predicted octanol–water partition coefficient (Wildman–Crippen LogP) is 6.17. The van der Waals surface area contributed by atoms with E-state index in [0.29, 0.717) is 22.3 Å². The first-order valence-corrected chi connectivity index (χ1v) is 10.7. The third-order valence-corrected chi connectivity index (χ3v) is 6.63. The molecule has 0 spiro atoms. The Morgan fingerprint density at radius 1 is 1.21 bits per heavy atom. The number of hydrogen-bond acceptors (Lipinski definition) is 4. The van der Waals surface area contributed by atoms with Crippen molar-refractivity contribution in [1.29, 1.82) is 5.26 Å². The maximum absolute atomic E-state index is 9.44. The van der Waals surface area contributed by atoms with Crippen molar-refractivity contribution in [3.63, 3.8) is 0 Å². The number of halogens is 2. The van der Waals surface area contributed by atoms with Crippen LogP contribution >= 0.6 is 27.5 Å². The van der Waals surface area contributed by atoms with Crippen LogP contribution in [-0.2, 0) is 0 Å². The summed E-state index contributed by atoms with van der Waals surface area (Å²) in [5.41, 5.74) is 3.48. The number of hydrogen-bond donors (Lipinski definition) is 0. The molecule has 0 aliphatic heterocycles. The van der Waals surface area contributed by atoms with Gasteiger partial charge in [0, 0.05) is 30.1 Å². The van der Waals surface area contributed by atoms with E-state index in [-0.39, 0.29) is 6.04 Å². The molecule has 144 valence electrons. The standard InChI is InChI=1S/C21H21BrClN5/c1-12-3-5-14(6-4-12)13(2)28-20-18(27-21(28)22)8-17(9-24)26-19(20)15-7-16(23)11-25-10-15/h7-8,10-14H,3-6H2,1-2H3/t12-,13-,14-/m0/s1. The molecule has 1 aliphatic carbocycles. The SMILES string of the molecule is C[C@@H]([C@H]1CC[C@H](C)CC1)n1c(Br)nc2cc(C#N)nc(-c3cncc(Cl)c3)c21. The van der Waals surface area contributed by atoms with Crippen LogP contribution in [0.2, 0.25) is 5.02 Å². The minimum atomic E-state index is 0.271. The van der Waals surface area contributed by atoms with Gasteiger partial charge in [0.05, 0.1) is 21.7 Å². The van der Waals surface area contributed by atoms with Crippen LogP contribution in [-0.4, -0.2) is 19.5 Å². The van der Waals surface area contributed by atoms with E-state index in [1.165, 1.54) is 25.7 Å². The lowest BCUT2D eigenvalue weighted by molar-refractivity contribution is 0.226. The van der Waals surface area contributed by atoms with E-state index in [1.54, 1.807) is 18.5 Å². The first kappa shape index (κ1) is 19.4. The molecule has 1 saturated carbocycles. The fourth-order valence-electron chi connectivity index (χ4n) is 4.24. The van der Waals surface area contributed by atoms with Crippen LogP contribution in [0.1, 0.15) is 51.3 Å². The van der Waals surface area contributed by atoms with E-state index in [2.05, 4.69) is 50.4 Å². The Balaban J connectivity index is 1.90. The van der Waals surface area contributed by atoms with Crippen molar-refractivity contribution < 1.29 is 0 Å². The number of aromatic nitrogens is 4. The number of nitriles is 1. The van der Waals surface area contributed by atoms with Crippen molar-refractivity contribution in [3.05, 3.63) is 40.0 Å². The Hall–Kier alpha value is -1.97. The molecule has 3 aromatic heterocycles. The molecule has 0 unspecified atom stereocenters. The van der Waals surface area contributed by atoms with Gasteiger partial charge in [0.15, 0.2) is 4.73 Å². The Morgan fingerprint density at radius 2 is 1.96 bits per heavy atom. The summed E-state index contributed by atoms with van der Waals surface area (Å²) < 4.78 is 2.99. The van der Waals surface area contributed by atoms with Crippen LogP contribution in [0.15, 0.2) is 29.3 Å². The fraction of sp³-hybridized carbons (Fsp3) is 0.429. The molecule has 3 aromatic rings. The van der Waals surface area contributed by atoms with Crippen LogP contribution in [0.25, 0.3) is 22.3 Å². The third-order valence-electron chi connectivity index (χ3n) is 5.87. The molecule has 1 fully saturated rings. The van der Waals surface area contributed by atoms with Crippen LogP contribution < -0.4 is 0 Å². The van der Waals surface area contributed by atoms with Crippen molar-refractivity contribution in [2.24, 2.45) is 11.8 Å². The molecular weight excluding hydrogens is 438 g/mol. The van der Waals surface area contributed by atoms with Gasteiger partial charge in [0.1, 0.15) is 11.8 Å². The minimum absolute atomic E-state index is 0.271. The zero-order chi connectivity index (χ0) is 19.8. The molecular formula is C21H21BrClN5. The van der Waals surface area contributed by atoms with Gasteiger partial charge in [-0.1, -0.05) is 31.4 Å². The molecule has 5 nitrogen and oxygen atoms in total. The highest BCUT2D eigenvalue weighted by atomic mass is 79.9. The molecule has 28 heavy (non-hydrogen) atoms. The van der Waals surface area contributed by atoms with E-state index in [9.17, 15) is 5.26 Å². The lowest BCUT2D eigenvalue weighted by Gasteiger charge is -2.32. The summed E-state index contributed by atoms with van der Waals surface area (Å²) >= 11 is 9.83. The lowest BCUT2D eigenvalue weighted by atomic mass is 9.79. The first-order valence-electron chi connectivity index (χ1n) is 9.57. The second kappa shape index (κ2) is 7.81. The van der Waals surface area contributed by atoms with Crippen molar-refractivity contribution in [1.82, 2.24) is 19.5 Å². The van der Waals surface area contributed by atoms with Gasteiger partial charge >= 0.3 is 0 Å². The van der Waals surface area contributed by atoms with Gasteiger partial charge in [-0.25, -0.2) is 9.97 Å².